The molecule has 4 heteroatoms. The summed E-state index contributed by atoms with van der Waals surface area (Å²) < 4.78 is 5.25. The fraction of sp³-hybridized carbons (Fsp3) is 0.786. The summed E-state index contributed by atoms with van der Waals surface area (Å²) in [7, 11) is 0. The molecular weight excluding hydrogens is 230 g/mol. The zero-order valence-corrected chi connectivity index (χ0v) is 11.3. The molecule has 0 spiro atoms. The summed E-state index contributed by atoms with van der Waals surface area (Å²) in [4.78, 5) is 13.9. The van der Waals surface area contributed by atoms with E-state index < -0.39 is 0 Å². The third-order valence-corrected chi connectivity index (χ3v) is 3.41. The van der Waals surface area contributed by atoms with Gasteiger partial charge in [0.1, 0.15) is 0 Å². The number of ether oxygens (including phenoxy) is 1. The minimum Gasteiger partial charge on any atom is -0.393 e. The van der Waals surface area contributed by atoms with E-state index in [9.17, 15) is 9.90 Å². The molecule has 1 aliphatic heterocycles. The van der Waals surface area contributed by atoms with Crippen molar-refractivity contribution in [1.29, 1.82) is 0 Å². The van der Waals surface area contributed by atoms with Crippen LogP contribution in [0.4, 0.5) is 0 Å². The van der Waals surface area contributed by atoms with Gasteiger partial charge in [0, 0.05) is 32.0 Å². The molecule has 2 atom stereocenters. The first kappa shape index (κ1) is 15.2. The van der Waals surface area contributed by atoms with Crippen LogP contribution < -0.4 is 0 Å². The number of likely N-dealkylation sites (tertiary alicyclic amines) is 1. The van der Waals surface area contributed by atoms with Crippen LogP contribution in [0, 0.1) is 5.92 Å². The van der Waals surface area contributed by atoms with Crippen molar-refractivity contribution in [3.8, 4) is 0 Å². The lowest BCUT2D eigenvalue weighted by atomic mass is 9.93. The first-order chi connectivity index (χ1) is 8.65. The van der Waals surface area contributed by atoms with E-state index in [4.69, 9.17) is 4.74 Å². The average molecular weight is 255 g/mol. The van der Waals surface area contributed by atoms with Crippen LogP contribution in [0.2, 0.25) is 0 Å². The van der Waals surface area contributed by atoms with Crippen molar-refractivity contribution < 1.29 is 14.6 Å². The van der Waals surface area contributed by atoms with Crippen molar-refractivity contribution in [2.75, 3.05) is 26.3 Å². The van der Waals surface area contributed by atoms with Crippen molar-refractivity contribution in [3.63, 3.8) is 0 Å². The van der Waals surface area contributed by atoms with E-state index in [2.05, 4.69) is 6.58 Å². The van der Waals surface area contributed by atoms with Crippen LogP contribution in [0.15, 0.2) is 12.7 Å². The minimum absolute atomic E-state index is 0.183. The highest BCUT2D eigenvalue weighted by atomic mass is 16.5. The third kappa shape index (κ3) is 5.19. The monoisotopic (exact) mass is 255 g/mol. The molecule has 0 aromatic heterocycles. The molecule has 0 aliphatic carbocycles. The Morgan fingerprint density at radius 3 is 3.11 bits per heavy atom. The largest absolute Gasteiger partial charge is 0.393 e. The molecule has 1 N–H and O–H groups in total. The Hall–Kier alpha value is -0.870. The lowest BCUT2D eigenvalue weighted by molar-refractivity contribution is -0.134. The van der Waals surface area contributed by atoms with Gasteiger partial charge in [0.25, 0.3) is 0 Å². The van der Waals surface area contributed by atoms with Crippen LogP contribution >= 0.6 is 0 Å². The predicted octanol–water partition coefficient (Wildman–Crippen LogP) is 1.59. The van der Waals surface area contributed by atoms with Crippen LogP contribution in [0.5, 0.6) is 0 Å². The number of rotatable bonds is 7. The van der Waals surface area contributed by atoms with Gasteiger partial charge in [-0.15, -0.1) is 6.58 Å². The van der Waals surface area contributed by atoms with E-state index >= 15 is 0 Å². The van der Waals surface area contributed by atoms with Gasteiger partial charge >= 0.3 is 0 Å². The summed E-state index contributed by atoms with van der Waals surface area (Å²) in [6, 6.07) is 0. The van der Waals surface area contributed by atoms with Crippen LogP contribution in [-0.4, -0.2) is 48.3 Å². The molecule has 0 radical (unpaired) electrons. The maximum atomic E-state index is 12.0. The van der Waals surface area contributed by atoms with Crippen molar-refractivity contribution in [2.24, 2.45) is 5.92 Å². The molecule has 0 aromatic rings. The van der Waals surface area contributed by atoms with Gasteiger partial charge < -0.3 is 14.7 Å². The summed E-state index contributed by atoms with van der Waals surface area (Å²) in [6.45, 7) is 8.05. The fourth-order valence-corrected chi connectivity index (χ4v) is 2.28. The Balaban J connectivity index is 2.22. The zero-order valence-electron chi connectivity index (χ0n) is 11.3. The number of hydrogen-bond donors (Lipinski definition) is 1. The van der Waals surface area contributed by atoms with E-state index in [-0.39, 0.29) is 17.9 Å². The first-order valence-corrected chi connectivity index (χ1v) is 6.79. The molecule has 1 aliphatic rings. The SMILES string of the molecule is C=CCOCCCC(=O)N1CCCC(C(C)O)C1. The van der Waals surface area contributed by atoms with Crippen molar-refractivity contribution in [3.05, 3.63) is 12.7 Å². The highest BCUT2D eigenvalue weighted by Gasteiger charge is 2.25. The van der Waals surface area contributed by atoms with Gasteiger partial charge in [-0.25, -0.2) is 0 Å². The molecule has 2 unspecified atom stereocenters. The van der Waals surface area contributed by atoms with Gasteiger partial charge in [-0.3, -0.25) is 4.79 Å². The third-order valence-electron chi connectivity index (χ3n) is 3.41. The molecule has 1 amide bonds. The minimum atomic E-state index is -0.323. The van der Waals surface area contributed by atoms with Crippen LogP contribution in [0.25, 0.3) is 0 Å². The van der Waals surface area contributed by atoms with E-state index in [1.807, 2.05) is 11.8 Å². The van der Waals surface area contributed by atoms with E-state index in [1.165, 1.54) is 0 Å². The molecule has 18 heavy (non-hydrogen) atoms. The standard InChI is InChI=1S/C14H25NO3/c1-3-9-18-10-5-7-14(17)15-8-4-6-13(11-15)12(2)16/h3,12-13,16H,1,4-11H2,2H3. The van der Waals surface area contributed by atoms with Crippen molar-refractivity contribution in [1.82, 2.24) is 4.90 Å². The smallest absolute Gasteiger partial charge is 0.222 e. The number of amides is 1. The number of aliphatic hydroxyl groups is 1. The average Bonchev–Trinajstić information content (AvgIpc) is 2.38. The Bertz CT molecular complexity index is 266. The van der Waals surface area contributed by atoms with Crippen LogP contribution in [0.3, 0.4) is 0 Å². The fourth-order valence-electron chi connectivity index (χ4n) is 2.28. The highest BCUT2D eigenvalue weighted by molar-refractivity contribution is 5.76. The van der Waals surface area contributed by atoms with Gasteiger partial charge in [0.15, 0.2) is 0 Å². The molecule has 104 valence electrons. The second-order valence-electron chi connectivity index (χ2n) is 4.95. The van der Waals surface area contributed by atoms with E-state index in [1.54, 1.807) is 6.08 Å². The molecular formula is C14H25NO3. The molecule has 0 saturated carbocycles. The van der Waals surface area contributed by atoms with Gasteiger partial charge in [-0.05, 0) is 26.2 Å². The summed E-state index contributed by atoms with van der Waals surface area (Å²) in [5, 5.41) is 9.58. The van der Waals surface area contributed by atoms with Gasteiger partial charge in [0.2, 0.25) is 5.91 Å². The summed E-state index contributed by atoms with van der Waals surface area (Å²) in [5.74, 6) is 0.419. The van der Waals surface area contributed by atoms with Gasteiger partial charge in [-0.1, -0.05) is 6.08 Å². The van der Waals surface area contributed by atoms with Crippen LogP contribution in [0.1, 0.15) is 32.6 Å². The van der Waals surface area contributed by atoms with Crippen LogP contribution in [-0.2, 0) is 9.53 Å². The summed E-state index contributed by atoms with van der Waals surface area (Å²) in [6.07, 6.45) is 4.68. The number of carbonyl (C=O) groups excluding carboxylic acids is 1. The normalized spacial score (nSPS) is 21.7. The topological polar surface area (TPSA) is 49.8 Å². The predicted molar refractivity (Wildman–Crippen MR) is 71.2 cm³/mol. The van der Waals surface area contributed by atoms with E-state index in [0.717, 1.165) is 25.8 Å². The molecule has 4 nitrogen and oxygen atoms in total. The highest BCUT2D eigenvalue weighted by Crippen LogP contribution is 2.20. The Morgan fingerprint density at radius 2 is 2.44 bits per heavy atom. The number of hydrogen-bond acceptors (Lipinski definition) is 3. The number of piperidine rings is 1. The molecule has 0 bridgehead atoms. The number of carbonyl (C=O) groups is 1. The summed E-state index contributed by atoms with van der Waals surface area (Å²) >= 11 is 0. The van der Waals surface area contributed by atoms with E-state index in [0.29, 0.717) is 26.2 Å². The molecule has 1 saturated heterocycles. The maximum Gasteiger partial charge on any atom is 0.222 e. The molecule has 1 rings (SSSR count). The quantitative estimate of drug-likeness (QED) is 0.555. The maximum absolute atomic E-state index is 12.0. The Labute approximate surface area is 110 Å². The second-order valence-corrected chi connectivity index (χ2v) is 4.95. The summed E-state index contributed by atoms with van der Waals surface area (Å²) in [5.41, 5.74) is 0. The molecule has 1 fully saturated rings. The number of nitrogens with zero attached hydrogens (tertiary/aromatic N) is 1. The second kappa shape index (κ2) is 8.27. The van der Waals surface area contributed by atoms with Gasteiger partial charge in [-0.2, -0.15) is 0 Å². The van der Waals surface area contributed by atoms with Crippen molar-refractivity contribution in [2.45, 2.75) is 38.7 Å². The molecule has 0 aromatic carbocycles. The number of aliphatic hydroxyl groups excluding tert-OH is 1. The lowest BCUT2D eigenvalue weighted by Gasteiger charge is -2.34. The molecule has 1 heterocycles. The van der Waals surface area contributed by atoms with Crippen molar-refractivity contribution >= 4 is 5.91 Å². The Kier molecular flexibility index (Phi) is 6.98. The Morgan fingerprint density at radius 1 is 1.67 bits per heavy atom. The first-order valence-electron chi connectivity index (χ1n) is 6.79. The van der Waals surface area contributed by atoms with Gasteiger partial charge in [0.05, 0.1) is 12.7 Å². The lowest BCUT2D eigenvalue weighted by Crippen LogP contribution is -2.42. The zero-order chi connectivity index (χ0) is 13.4.